The van der Waals surface area contributed by atoms with Gasteiger partial charge < -0.3 is 9.84 Å². The van der Waals surface area contributed by atoms with Crippen LogP contribution in [0.4, 0.5) is 0 Å². The lowest BCUT2D eigenvalue weighted by atomic mass is 10.4. The molecule has 1 fully saturated rings. The van der Waals surface area contributed by atoms with Crippen molar-refractivity contribution in [2.45, 2.75) is 10.6 Å². The molecule has 8 heteroatoms. The van der Waals surface area contributed by atoms with Gasteiger partial charge >= 0.3 is 0 Å². The summed E-state index contributed by atoms with van der Waals surface area (Å²) in [6.45, 7) is 2.19. The number of aliphatic hydroxyl groups is 1. The molecule has 0 unspecified atom stereocenters. The van der Waals surface area contributed by atoms with Crippen molar-refractivity contribution in [3.05, 3.63) is 17.0 Å². The Hall–Kier alpha value is -0.510. The van der Waals surface area contributed by atoms with Crippen LogP contribution in [-0.2, 0) is 21.2 Å². The van der Waals surface area contributed by atoms with Gasteiger partial charge in [-0.25, -0.2) is 13.4 Å². The van der Waals surface area contributed by atoms with Gasteiger partial charge in [0.1, 0.15) is 4.21 Å². The third-order valence-electron chi connectivity index (χ3n) is 2.52. The fourth-order valence-electron chi connectivity index (χ4n) is 1.62. The summed E-state index contributed by atoms with van der Waals surface area (Å²) in [6, 6.07) is 3.30. The Morgan fingerprint density at radius 1 is 1.39 bits per heavy atom. The van der Waals surface area contributed by atoms with Gasteiger partial charge in [0.2, 0.25) is 0 Å². The summed E-state index contributed by atoms with van der Waals surface area (Å²) in [5.41, 5.74) is 0. The normalized spacial score (nSPS) is 18.1. The van der Waals surface area contributed by atoms with Crippen molar-refractivity contribution in [1.82, 2.24) is 9.84 Å². The maximum atomic E-state index is 12.1. The molecular weight excluding hydrogens is 276 g/mol. The van der Waals surface area contributed by atoms with Gasteiger partial charge in [0.25, 0.3) is 10.0 Å². The van der Waals surface area contributed by atoms with Crippen LogP contribution in [0.5, 0.6) is 0 Å². The maximum Gasteiger partial charge on any atom is 0.262 e. The number of nitrogens with zero attached hydrogens (tertiary/aromatic N) is 1. The first-order chi connectivity index (χ1) is 8.62. The van der Waals surface area contributed by atoms with Gasteiger partial charge in [-0.05, 0) is 12.1 Å². The third-order valence-corrected chi connectivity index (χ3v) is 5.53. The molecule has 0 amide bonds. The molecule has 0 spiro atoms. The highest BCUT2D eigenvalue weighted by Gasteiger charge is 2.21. The van der Waals surface area contributed by atoms with Crippen LogP contribution >= 0.6 is 11.3 Å². The first-order valence-corrected chi connectivity index (χ1v) is 7.96. The van der Waals surface area contributed by atoms with E-state index in [-0.39, 0.29) is 10.8 Å². The number of morpholine rings is 1. The van der Waals surface area contributed by atoms with Crippen LogP contribution < -0.4 is 4.83 Å². The van der Waals surface area contributed by atoms with Crippen molar-refractivity contribution in [3.63, 3.8) is 0 Å². The molecule has 2 rings (SSSR count). The summed E-state index contributed by atoms with van der Waals surface area (Å²) in [4.78, 5) is 3.40. The van der Waals surface area contributed by atoms with Crippen molar-refractivity contribution in [3.8, 4) is 0 Å². The second-order valence-corrected chi connectivity index (χ2v) is 6.94. The lowest BCUT2D eigenvalue weighted by molar-refractivity contribution is 0.0272. The fraction of sp³-hybridized carbons (Fsp3) is 0.600. The largest absolute Gasteiger partial charge is 0.396 e. The van der Waals surface area contributed by atoms with Gasteiger partial charge in [-0.15, -0.1) is 16.2 Å². The molecule has 0 aliphatic carbocycles. The number of thiophene rings is 1. The lowest BCUT2D eigenvalue weighted by Gasteiger charge is -2.26. The van der Waals surface area contributed by atoms with E-state index in [9.17, 15) is 8.42 Å². The van der Waals surface area contributed by atoms with Crippen LogP contribution in [0.15, 0.2) is 16.3 Å². The zero-order valence-electron chi connectivity index (χ0n) is 9.83. The van der Waals surface area contributed by atoms with Gasteiger partial charge in [-0.3, -0.25) is 0 Å². The summed E-state index contributed by atoms with van der Waals surface area (Å²) < 4.78 is 29.6. The number of hydrogen-bond acceptors (Lipinski definition) is 6. The second-order valence-electron chi connectivity index (χ2n) is 3.89. The summed E-state index contributed by atoms with van der Waals surface area (Å²) in [6.07, 6.45) is 0.484. The van der Waals surface area contributed by atoms with Crippen molar-refractivity contribution in [2.24, 2.45) is 0 Å². The molecule has 1 aromatic rings. The molecule has 2 N–H and O–H groups in total. The SMILES string of the molecule is O=S(=O)(NN1CCOCC1)c1ccc(CCO)s1. The maximum absolute atomic E-state index is 12.1. The van der Waals surface area contributed by atoms with E-state index in [1.54, 1.807) is 17.1 Å². The summed E-state index contributed by atoms with van der Waals surface area (Å²) in [7, 11) is -3.50. The molecule has 0 saturated carbocycles. The number of hydrazine groups is 1. The molecule has 0 bridgehead atoms. The standard InChI is InChI=1S/C10H16N2O4S2/c13-6-3-9-1-2-10(17-9)18(14,15)11-12-4-7-16-8-5-12/h1-2,11,13H,3-8H2. The molecule has 6 nitrogen and oxygen atoms in total. The van der Waals surface area contributed by atoms with Crippen LogP contribution in [0.25, 0.3) is 0 Å². The molecule has 18 heavy (non-hydrogen) atoms. The monoisotopic (exact) mass is 292 g/mol. The van der Waals surface area contributed by atoms with Gasteiger partial charge in [0, 0.05) is 31.0 Å². The van der Waals surface area contributed by atoms with E-state index in [2.05, 4.69) is 4.83 Å². The van der Waals surface area contributed by atoms with Crippen LogP contribution in [0.2, 0.25) is 0 Å². The van der Waals surface area contributed by atoms with Crippen LogP contribution in [-0.4, -0.2) is 51.4 Å². The molecule has 1 aromatic heterocycles. The summed E-state index contributed by atoms with van der Waals surface area (Å²) in [5, 5.41) is 10.5. The molecular formula is C10H16N2O4S2. The Labute approximate surface area is 110 Å². The van der Waals surface area contributed by atoms with Crippen LogP contribution in [0.3, 0.4) is 0 Å². The van der Waals surface area contributed by atoms with Gasteiger partial charge in [0.15, 0.2) is 0 Å². The molecule has 1 aliphatic heterocycles. The summed E-state index contributed by atoms with van der Waals surface area (Å²) in [5.74, 6) is 0. The molecule has 1 saturated heterocycles. The minimum atomic E-state index is -3.50. The number of nitrogens with one attached hydrogen (secondary N) is 1. The highest BCUT2D eigenvalue weighted by molar-refractivity contribution is 7.91. The van der Waals surface area contributed by atoms with Crippen LogP contribution in [0, 0.1) is 0 Å². The Morgan fingerprint density at radius 3 is 2.78 bits per heavy atom. The first-order valence-electron chi connectivity index (χ1n) is 5.66. The quantitative estimate of drug-likeness (QED) is 0.786. The van der Waals surface area contributed by atoms with E-state index in [4.69, 9.17) is 9.84 Å². The van der Waals surface area contributed by atoms with Gasteiger partial charge in [-0.2, -0.15) is 0 Å². The Balaban J connectivity index is 2.04. The van der Waals surface area contributed by atoms with Gasteiger partial charge in [-0.1, -0.05) is 0 Å². The molecule has 2 heterocycles. The molecule has 1 aliphatic rings. The van der Waals surface area contributed by atoms with E-state index in [1.807, 2.05) is 0 Å². The molecule has 0 atom stereocenters. The first kappa shape index (κ1) is 13.9. The number of hydrogen-bond donors (Lipinski definition) is 2. The van der Waals surface area contributed by atoms with Crippen molar-refractivity contribution in [2.75, 3.05) is 32.9 Å². The highest BCUT2D eigenvalue weighted by atomic mass is 32.2. The third kappa shape index (κ3) is 3.50. The predicted octanol–water partition coefficient (Wildman–Crippen LogP) is -0.192. The van der Waals surface area contributed by atoms with Gasteiger partial charge in [0.05, 0.1) is 13.2 Å². The van der Waals surface area contributed by atoms with E-state index >= 15 is 0 Å². The molecule has 102 valence electrons. The minimum absolute atomic E-state index is 0.0247. The smallest absolute Gasteiger partial charge is 0.262 e. The minimum Gasteiger partial charge on any atom is -0.396 e. The number of sulfonamides is 1. The average molecular weight is 292 g/mol. The van der Waals surface area contributed by atoms with Crippen molar-refractivity contribution < 1.29 is 18.3 Å². The fourth-order valence-corrected chi connectivity index (χ4v) is 4.07. The number of aliphatic hydroxyl groups excluding tert-OH is 1. The molecule has 0 aromatic carbocycles. The number of ether oxygens (including phenoxy) is 1. The Morgan fingerprint density at radius 2 is 2.11 bits per heavy atom. The van der Waals surface area contributed by atoms with Crippen molar-refractivity contribution >= 4 is 21.4 Å². The van der Waals surface area contributed by atoms with E-state index in [0.29, 0.717) is 32.7 Å². The highest BCUT2D eigenvalue weighted by Crippen LogP contribution is 2.22. The van der Waals surface area contributed by atoms with E-state index < -0.39 is 10.0 Å². The van der Waals surface area contributed by atoms with Crippen LogP contribution in [0.1, 0.15) is 4.88 Å². The Kier molecular flexibility index (Phi) is 4.71. The zero-order chi connectivity index (χ0) is 13.0. The zero-order valence-corrected chi connectivity index (χ0v) is 11.5. The lowest BCUT2D eigenvalue weighted by Crippen LogP contribution is -2.48. The summed E-state index contributed by atoms with van der Waals surface area (Å²) >= 11 is 1.18. The van der Waals surface area contributed by atoms with E-state index in [1.165, 1.54) is 11.3 Å². The average Bonchev–Trinajstić information content (AvgIpc) is 2.80. The Bertz CT molecular complexity index is 480. The van der Waals surface area contributed by atoms with Crippen molar-refractivity contribution in [1.29, 1.82) is 0 Å². The predicted molar refractivity (Wildman–Crippen MR) is 67.8 cm³/mol. The second kappa shape index (κ2) is 6.09. The topological polar surface area (TPSA) is 78.9 Å². The van der Waals surface area contributed by atoms with E-state index in [0.717, 1.165) is 4.88 Å². The molecule has 0 radical (unpaired) electrons. The number of rotatable bonds is 5.